The van der Waals surface area contributed by atoms with Gasteiger partial charge in [0.1, 0.15) is 12.2 Å². The number of alkyl halides is 2. The lowest BCUT2D eigenvalue weighted by molar-refractivity contribution is -0.142. The molecule has 8 nitrogen and oxygen atoms in total. The summed E-state index contributed by atoms with van der Waals surface area (Å²) in [6, 6.07) is 0. The van der Waals surface area contributed by atoms with E-state index in [1.54, 1.807) is 0 Å². The fourth-order valence-corrected chi connectivity index (χ4v) is 1.93. The van der Waals surface area contributed by atoms with E-state index < -0.39 is 36.2 Å². The Morgan fingerprint density at radius 2 is 2.10 bits per heavy atom. The number of carboxylic acid groups (broad SMARTS) is 1. The van der Waals surface area contributed by atoms with Crippen LogP contribution in [-0.4, -0.2) is 49.3 Å². The number of carbonyl (C=O) groups is 3. The molecule has 0 aliphatic carbocycles. The van der Waals surface area contributed by atoms with Gasteiger partial charge in [0.05, 0.1) is 0 Å². The molecule has 1 saturated heterocycles. The molecule has 1 N–H and O–H groups in total. The second-order valence-electron chi connectivity index (χ2n) is 4.13. The Morgan fingerprint density at radius 1 is 1.40 bits per heavy atom. The zero-order valence-electron chi connectivity index (χ0n) is 10.1. The van der Waals surface area contributed by atoms with E-state index in [9.17, 15) is 23.2 Å². The number of nitrogens with zero attached hydrogens (tertiary/aromatic N) is 4. The Kier molecular flexibility index (Phi) is 3.72. The van der Waals surface area contributed by atoms with E-state index in [0.717, 1.165) is 4.90 Å². The third kappa shape index (κ3) is 2.49. The Morgan fingerprint density at radius 3 is 2.60 bits per heavy atom. The van der Waals surface area contributed by atoms with Crippen molar-refractivity contribution >= 4 is 17.8 Å². The Bertz CT molecular complexity index is 572. The maximum absolute atomic E-state index is 12.8. The molecule has 108 valence electrons. The molecular weight excluding hydrogens is 278 g/mol. The van der Waals surface area contributed by atoms with E-state index >= 15 is 0 Å². The minimum atomic E-state index is -3.14. The number of hydrogen-bond donors (Lipinski definition) is 1. The van der Waals surface area contributed by atoms with Crippen molar-refractivity contribution in [3.05, 3.63) is 11.4 Å². The number of amides is 2. The predicted molar refractivity (Wildman–Crippen MR) is 57.9 cm³/mol. The van der Waals surface area contributed by atoms with E-state index in [0.29, 0.717) is 11.1 Å². The summed E-state index contributed by atoms with van der Waals surface area (Å²) >= 11 is 0. The molecule has 0 aromatic carbocycles. The minimum absolute atomic E-state index is 0.224. The second-order valence-corrected chi connectivity index (χ2v) is 4.13. The third-order valence-corrected chi connectivity index (χ3v) is 2.84. The second kappa shape index (κ2) is 5.31. The van der Waals surface area contributed by atoms with Crippen LogP contribution < -0.4 is 0 Å². The van der Waals surface area contributed by atoms with Crippen molar-refractivity contribution in [1.29, 1.82) is 0 Å². The van der Waals surface area contributed by atoms with Crippen LogP contribution >= 0.6 is 0 Å². The maximum Gasteiger partial charge on any atom is 0.358 e. The molecule has 1 aromatic rings. The van der Waals surface area contributed by atoms with E-state index in [-0.39, 0.29) is 18.9 Å². The highest BCUT2D eigenvalue weighted by molar-refractivity contribution is 5.96. The molecule has 0 spiro atoms. The van der Waals surface area contributed by atoms with Gasteiger partial charge in [-0.25, -0.2) is 18.3 Å². The molecule has 1 fully saturated rings. The molecule has 0 saturated carbocycles. The lowest BCUT2D eigenvalue weighted by Crippen LogP contribution is -2.35. The summed E-state index contributed by atoms with van der Waals surface area (Å²) in [6.07, 6.45) is -2.40. The summed E-state index contributed by atoms with van der Waals surface area (Å²) in [5.74, 6) is -2.75. The normalized spacial score (nSPS) is 15.2. The van der Waals surface area contributed by atoms with Crippen molar-refractivity contribution in [2.24, 2.45) is 0 Å². The first kappa shape index (κ1) is 14.0. The van der Waals surface area contributed by atoms with Crippen molar-refractivity contribution in [3.63, 3.8) is 0 Å². The largest absolute Gasteiger partial charge is 0.476 e. The van der Waals surface area contributed by atoms with Gasteiger partial charge in [-0.05, 0) is 6.42 Å². The van der Waals surface area contributed by atoms with Crippen LogP contribution in [0.4, 0.5) is 8.78 Å². The molecule has 2 rings (SSSR count). The van der Waals surface area contributed by atoms with Crippen LogP contribution in [0.1, 0.15) is 35.4 Å². The number of carboxylic acids is 1. The van der Waals surface area contributed by atoms with Crippen LogP contribution in [0.5, 0.6) is 0 Å². The van der Waals surface area contributed by atoms with Crippen LogP contribution in [0.25, 0.3) is 0 Å². The number of carbonyl (C=O) groups excluding carboxylic acids is 2. The predicted octanol–water partition coefficient (Wildman–Crippen LogP) is 0.0629. The first-order valence-electron chi connectivity index (χ1n) is 5.70. The van der Waals surface area contributed by atoms with Gasteiger partial charge < -0.3 is 5.11 Å². The molecule has 0 atom stereocenters. The molecule has 0 unspecified atom stereocenters. The van der Waals surface area contributed by atoms with Crippen LogP contribution in [0.15, 0.2) is 0 Å². The first-order valence-corrected chi connectivity index (χ1v) is 5.70. The lowest BCUT2D eigenvalue weighted by Gasteiger charge is -2.14. The average molecular weight is 288 g/mol. The smallest absolute Gasteiger partial charge is 0.358 e. The van der Waals surface area contributed by atoms with Gasteiger partial charge in [0, 0.05) is 13.0 Å². The van der Waals surface area contributed by atoms with Crippen molar-refractivity contribution in [1.82, 2.24) is 19.9 Å². The summed E-state index contributed by atoms with van der Waals surface area (Å²) in [6.45, 7) is -0.423. The highest BCUT2D eigenvalue weighted by Crippen LogP contribution is 2.22. The number of hydrogen-bond acceptors (Lipinski definition) is 5. The van der Waals surface area contributed by atoms with Gasteiger partial charge in [0.25, 0.3) is 12.3 Å². The van der Waals surface area contributed by atoms with Crippen LogP contribution in [0.2, 0.25) is 0 Å². The number of rotatable bonds is 4. The van der Waals surface area contributed by atoms with Crippen molar-refractivity contribution < 1.29 is 28.3 Å². The fourth-order valence-electron chi connectivity index (χ4n) is 1.93. The van der Waals surface area contributed by atoms with Gasteiger partial charge in [-0.15, -0.1) is 5.10 Å². The third-order valence-electron chi connectivity index (χ3n) is 2.84. The highest BCUT2D eigenvalue weighted by Gasteiger charge is 2.31. The molecule has 1 aliphatic heterocycles. The summed E-state index contributed by atoms with van der Waals surface area (Å²) in [4.78, 5) is 34.8. The molecule has 0 radical (unpaired) electrons. The molecule has 10 heteroatoms. The topological polar surface area (TPSA) is 105 Å². The van der Waals surface area contributed by atoms with E-state index in [1.807, 2.05) is 0 Å². The lowest BCUT2D eigenvalue weighted by atomic mass is 10.3. The van der Waals surface area contributed by atoms with Crippen LogP contribution in [0, 0.1) is 0 Å². The van der Waals surface area contributed by atoms with Gasteiger partial charge >= 0.3 is 5.97 Å². The number of halogens is 2. The zero-order chi connectivity index (χ0) is 14.9. The number of likely N-dealkylation sites (tertiary alicyclic amines) is 1. The number of aromatic carboxylic acids is 1. The molecule has 1 aromatic heterocycles. The Labute approximate surface area is 111 Å². The first-order chi connectivity index (χ1) is 9.41. The summed E-state index contributed by atoms with van der Waals surface area (Å²) < 4.78 is 26.2. The summed E-state index contributed by atoms with van der Waals surface area (Å²) in [5.41, 5.74) is -1.85. The van der Waals surface area contributed by atoms with E-state index in [2.05, 4.69) is 10.3 Å². The molecule has 2 amide bonds. The SMILES string of the molecule is O=C(O)c1nnn(CC(=O)N2CCCC2=O)c1C(F)F. The Balaban J connectivity index is 2.23. The zero-order valence-corrected chi connectivity index (χ0v) is 10.1. The number of imide groups is 1. The van der Waals surface area contributed by atoms with Gasteiger partial charge in [0.2, 0.25) is 5.91 Å². The monoisotopic (exact) mass is 288 g/mol. The van der Waals surface area contributed by atoms with E-state index in [1.165, 1.54) is 0 Å². The van der Waals surface area contributed by atoms with Gasteiger partial charge in [-0.2, -0.15) is 0 Å². The average Bonchev–Trinajstić information content (AvgIpc) is 2.95. The van der Waals surface area contributed by atoms with Gasteiger partial charge in [-0.3, -0.25) is 14.5 Å². The summed E-state index contributed by atoms with van der Waals surface area (Å²) in [5, 5.41) is 15.1. The molecular formula is C10H10F2N4O4. The van der Waals surface area contributed by atoms with Crippen molar-refractivity contribution in [2.45, 2.75) is 25.8 Å². The molecule has 20 heavy (non-hydrogen) atoms. The molecule has 1 aliphatic rings. The quantitative estimate of drug-likeness (QED) is 0.840. The molecule has 0 bridgehead atoms. The van der Waals surface area contributed by atoms with Gasteiger partial charge in [-0.1, -0.05) is 5.21 Å². The van der Waals surface area contributed by atoms with Crippen LogP contribution in [-0.2, 0) is 16.1 Å². The fraction of sp³-hybridized carbons (Fsp3) is 0.500. The number of aromatic nitrogens is 3. The summed E-state index contributed by atoms with van der Waals surface area (Å²) in [7, 11) is 0. The van der Waals surface area contributed by atoms with Crippen molar-refractivity contribution in [3.8, 4) is 0 Å². The van der Waals surface area contributed by atoms with E-state index in [4.69, 9.17) is 5.11 Å². The standard InChI is InChI=1S/C10H10F2N4O4/c11-9(12)8-7(10(19)20)13-14-16(8)4-6(18)15-3-1-2-5(15)17/h9H,1-4H2,(H,19,20). The minimum Gasteiger partial charge on any atom is -0.476 e. The van der Waals surface area contributed by atoms with Crippen LogP contribution in [0.3, 0.4) is 0 Å². The Hall–Kier alpha value is -2.39. The van der Waals surface area contributed by atoms with Crippen molar-refractivity contribution in [2.75, 3.05) is 6.54 Å². The van der Waals surface area contributed by atoms with Gasteiger partial charge in [0.15, 0.2) is 5.69 Å². The maximum atomic E-state index is 12.8. The molecule has 2 heterocycles. The highest BCUT2D eigenvalue weighted by atomic mass is 19.3.